The van der Waals surface area contributed by atoms with E-state index in [2.05, 4.69) is 75.8 Å². The van der Waals surface area contributed by atoms with Gasteiger partial charge < -0.3 is 39.4 Å². The molecule has 0 aliphatic carbocycles. The van der Waals surface area contributed by atoms with E-state index < -0.39 is 0 Å². The molecule has 0 spiro atoms. The van der Waals surface area contributed by atoms with E-state index in [9.17, 15) is 28.8 Å². The Morgan fingerprint density at radius 1 is 0.241 bits per heavy atom. The number of hydrogen-bond donors (Lipinski definition) is 2. The van der Waals surface area contributed by atoms with Gasteiger partial charge in [0.25, 0.3) is 0 Å². The number of ether oxygens (including phenoxy) is 4. The molecule has 0 saturated carbocycles. The van der Waals surface area contributed by atoms with Gasteiger partial charge in [-0.15, -0.1) is 0 Å². The SMILES string of the molecule is CCCCCCCCCC(C)COC(=O)CCCCCN(CCCCCCCC(=O)OC(CCCCCCCC)CCCCCCCC)CCNC(=O)CCC(=O)NCCN(CCCCCCCC(=O)OC(CCCCCCCC)CCCCCCCC)CCCCCC(=O)OCC(C)CCCCCCCCC. The van der Waals surface area contributed by atoms with Gasteiger partial charge in [0.2, 0.25) is 11.8 Å². The molecule has 2 unspecified atom stereocenters. The standard InChI is InChI=1S/C94H182N4O10/c1-9-15-21-27-33-37-49-63-85(7)83-105-91(101)69-57-47-61-79-97(77-59-45-35-43-55-71-93(103)107-87(65-51-39-29-23-17-11-3)66-52-40-30-24-18-12-4)81-75-95-89(99)73-74-90(100)96-76-82-98(80-62-48-58-70-92(102)106-84-86(8)64-50-38-34-28-22-16-10-2)78-60-46-36-44-56-72-94(104)108-88(67-53-41-31-25-19-13-5)68-54-42-32-26-20-14-6/h85-88H,9-84H2,1-8H3,(H,95,99)(H,96,100). The molecule has 0 aromatic rings. The molecule has 0 aliphatic heterocycles. The zero-order valence-electron chi connectivity index (χ0n) is 73.0. The number of amides is 2. The van der Waals surface area contributed by atoms with Crippen LogP contribution in [0.1, 0.15) is 479 Å². The van der Waals surface area contributed by atoms with E-state index in [1.165, 1.54) is 218 Å². The van der Waals surface area contributed by atoms with Gasteiger partial charge in [-0.05, 0) is 154 Å². The van der Waals surface area contributed by atoms with Gasteiger partial charge in [0.15, 0.2) is 0 Å². The molecule has 0 bridgehead atoms. The fourth-order valence-electron chi connectivity index (χ4n) is 14.9. The highest BCUT2D eigenvalue weighted by molar-refractivity contribution is 5.83. The Hall–Kier alpha value is -3.26. The molecule has 0 aromatic heterocycles. The predicted molar refractivity (Wildman–Crippen MR) is 458 cm³/mol. The molecule has 0 aromatic carbocycles. The number of hydrogen-bond acceptors (Lipinski definition) is 12. The van der Waals surface area contributed by atoms with Gasteiger partial charge >= 0.3 is 23.9 Å². The lowest BCUT2D eigenvalue weighted by atomic mass is 10.0. The summed E-state index contributed by atoms with van der Waals surface area (Å²) in [4.78, 5) is 83.2. The highest BCUT2D eigenvalue weighted by Crippen LogP contribution is 2.23. The number of nitrogens with one attached hydrogen (secondary N) is 2. The lowest BCUT2D eigenvalue weighted by Crippen LogP contribution is -2.37. The second-order valence-electron chi connectivity index (χ2n) is 33.4. The van der Waals surface area contributed by atoms with E-state index in [-0.39, 0.29) is 60.7 Å². The number of esters is 4. The van der Waals surface area contributed by atoms with E-state index in [1.54, 1.807) is 0 Å². The van der Waals surface area contributed by atoms with Crippen LogP contribution in [0, 0.1) is 11.8 Å². The summed E-state index contributed by atoms with van der Waals surface area (Å²) in [5, 5.41) is 6.23. The highest BCUT2D eigenvalue weighted by Gasteiger charge is 2.19. The van der Waals surface area contributed by atoms with Crippen molar-refractivity contribution in [2.24, 2.45) is 11.8 Å². The number of rotatable bonds is 87. The lowest BCUT2D eigenvalue weighted by Gasteiger charge is -2.23. The van der Waals surface area contributed by atoms with Crippen molar-refractivity contribution in [3.8, 4) is 0 Å². The maximum Gasteiger partial charge on any atom is 0.306 e. The molecule has 108 heavy (non-hydrogen) atoms. The second-order valence-corrected chi connectivity index (χ2v) is 33.4. The van der Waals surface area contributed by atoms with Gasteiger partial charge in [0.05, 0.1) is 13.2 Å². The molecule has 14 heteroatoms. The molecule has 2 N–H and O–H groups in total. The van der Waals surface area contributed by atoms with Gasteiger partial charge in [0.1, 0.15) is 12.2 Å². The predicted octanol–water partition coefficient (Wildman–Crippen LogP) is 25.9. The number of carbonyl (C=O) groups excluding carboxylic acids is 6. The zero-order valence-corrected chi connectivity index (χ0v) is 73.0. The van der Waals surface area contributed by atoms with E-state index in [0.29, 0.717) is 76.9 Å². The van der Waals surface area contributed by atoms with Gasteiger partial charge in [-0.25, -0.2) is 0 Å². The fourth-order valence-corrected chi connectivity index (χ4v) is 14.9. The van der Waals surface area contributed by atoms with Crippen LogP contribution in [0.25, 0.3) is 0 Å². The van der Waals surface area contributed by atoms with Crippen molar-refractivity contribution in [2.45, 2.75) is 491 Å². The molecule has 14 nitrogen and oxygen atoms in total. The molecule has 0 heterocycles. The van der Waals surface area contributed by atoms with Gasteiger partial charge in [0, 0.05) is 64.7 Å². The molecular formula is C94H182N4O10. The van der Waals surface area contributed by atoms with Gasteiger partial charge in [-0.1, -0.05) is 325 Å². The largest absolute Gasteiger partial charge is 0.465 e. The Labute approximate surface area is 669 Å². The maximum atomic E-state index is 13.3. The van der Waals surface area contributed by atoms with Crippen molar-refractivity contribution >= 4 is 35.7 Å². The Kier molecular flexibility index (Phi) is 80.7. The number of unbranched alkanes of at least 4 members (excludes halogenated alkanes) is 44. The summed E-state index contributed by atoms with van der Waals surface area (Å²) in [7, 11) is 0. The van der Waals surface area contributed by atoms with Crippen LogP contribution in [0.4, 0.5) is 0 Å². The van der Waals surface area contributed by atoms with Crippen molar-refractivity contribution in [1.82, 2.24) is 20.4 Å². The Morgan fingerprint density at radius 3 is 0.722 bits per heavy atom. The maximum absolute atomic E-state index is 13.3. The Bertz CT molecular complexity index is 1810. The molecule has 0 radical (unpaired) electrons. The minimum Gasteiger partial charge on any atom is -0.465 e. The molecule has 0 rings (SSSR count). The summed E-state index contributed by atoms with van der Waals surface area (Å²) < 4.78 is 23.7. The van der Waals surface area contributed by atoms with Gasteiger partial charge in [-0.2, -0.15) is 0 Å². The van der Waals surface area contributed by atoms with E-state index in [0.717, 1.165) is 193 Å². The first-order valence-corrected chi connectivity index (χ1v) is 47.5. The average molecular weight is 1530 g/mol. The quantitative estimate of drug-likeness (QED) is 0.0336. The van der Waals surface area contributed by atoms with Crippen molar-refractivity contribution in [3.63, 3.8) is 0 Å². The van der Waals surface area contributed by atoms with Crippen molar-refractivity contribution in [1.29, 1.82) is 0 Å². The molecule has 2 amide bonds. The third kappa shape index (κ3) is 76.7. The summed E-state index contributed by atoms with van der Waals surface area (Å²) in [6, 6.07) is 0. The van der Waals surface area contributed by atoms with Crippen LogP contribution in [0.5, 0.6) is 0 Å². The minimum absolute atomic E-state index is 0.0269. The van der Waals surface area contributed by atoms with Crippen LogP contribution in [0.15, 0.2) is 0 Å². The summed E-state index contributed by atoms with van der Waals surface area (Å²) in [6.07, 6.45) is 72.0. The van der Waals surface area contributed by atoms with Crippen LogP contribution >= 0.6 is 0 Å². The first-order chi connectivity index (χ1) is 52.8. The van der Waals surface area contributed by atoms with Crippen LogP contribution in [-0.2, 0) is 47.7 Å². The van der Waals surface area contributed by atoms with Crippen molar-refractivity contribution in [3.05, 3.63) is 0 Å². The third-order valence-corrected chi connectivity index (χ3v) is 22.3. The average Bonchev–Trinajstić information content (AvgIpc) is 1.11. The molecule has 0 saturated heterocycles. The third-order valence-electron chi connectivity index (χ3n) is 22.3. The first-order valence-electron chi connectivity index (χ1n) is 47.5. The number of nitrogens with zero attached hydrogens (tertiary/aromatic N) is 2. The van der Waals surface area contributed by atoms with Crippen LogP contribution in [0.3, 0.4) is 0 Å². The minimum atomic E-state index is -0.119. The fraction of sp³-hybridized carbons (Fsp3) is 0.936. The summed E-state index contributed by atoms with van der Waals surface area (Å²) >= 11 is 0. The van der Waals surface area contributed by atoms with Crippen molar-refractivity contribution < 1.29 is 47.7 Å². The van der Waals surface area contributed by atoms with E-state index >= 15 is 0 Å². The van der Waals surface area contributed by atoms with Crippen LogP contribution in [0.2, 0.25) is 0 Å². The smallest absolute Gasteiger partial charge is 0.306 e. The summed E-state index contributed by atoms with van der Waals surface area (Å²) in [6.45, 7) is 25.0. The molecule has 638 valence electrons. The van der Waals surface area contributed by atoms with Crippen LogP contribution < -0.4 is 10.6 Å². The number of carbonyl (C=O) groups is 6. The van der Waals surface area contributed by atoms with Crippen molar-refractivity contribution in [2.75, 3.05) is 65.6 Å². The summed E-state index contributed by atoms with van der Waals surface area (Å²) in [5.41, 5.74) is 0. The van der Waals surface area contributed by atoms with E-state index in [1.807, 2.05) is 0 Å². The molecule has 0 aliphatic rings. The zero-order chi connectivity index (χ0) is 78.9. The van der Waals surface area contributed by atoms with Crippen LogP contribution in [-0.4, -0.2) is 123 Å². The molecule has 0 fully saturated rings. The topological polar surface area (TPSA) is 170 Å². The lowest BCUT2D eigenvalue weighted by molar-refractivity contribution is -0.151. The van der Waals surface area contributed by atoms with Gasteiger partial charge in [-0.3, -0.25) is 28.8 Å². The highest BCUT2D eigenvalue weighted by atomic mass is 16.6. The Morgan fingerprint density at radius 2 is 0.454 bits per heavy atom. The summed E-state index contributed by atoms with van der Waals surface area (Å²) in [5.74, 6) is 0.299. The monoisotopic (exact) mass is 1530 g/mol. The normalized spacial score (nSPS) is 12.2. The molecular weight excluding hydrogens is 1350 g/mol. The van der Waals surface area contributed by atoms with E-state index in [4.69, 9.17) is 18.9 Å². The Balaban J connectivity index is 5.46. The first kappa shape index (κ1) is 105. The second kappa shape index (κ2) is 83.2. The molecule has 2 atom stereocenters.